The van der Waals surface area contributed by atoms with Crippen molar-refractivity contribution in [2.75, 3.05) is 13.2 Å². The van der Waals surface area contributed by atoms with Gasteiger partial charge in [-0.25, -0.2) is 13.8 Å². The van der Waals surface area contributed by atoms with Crippen LogP contribution in [0.2, 0.25) is 0 Å². The number of nitrogens with zero attached hydrogens (tertiary/aromatic N) is 1. The first kappa shape index (κ1) is 11.9. The average Bonchev–Trinajstić information content (AvgIpc) is 2.81. The minimum absolute atomic E-state index is 0.210. The van der Waals surface area contributed by atoms with E-state index in [2.05, 4.69) is 4.98 Å². The van der Waals surface area contributed by atoms with Crippen LogP contribution in [-0.2, 0) is 16.7 Å². The number of nitrogens with two attached hydrogens (primary N) is 1. The Balaban J connectivity index is 1.75. The SMILES string of the molecule is NC1(c2csc(CCOCC(F)F)n2)CC1. The Morgan fingerprint density at radius 3 is 2.94 bits per heavy atom. The second-order valence-corrected chi connectivity index (χ2v) is 4.94. The number of hydrogen-bond donors (Lipinski definition) is 1. The van der Waals surface area contributed by atoms with E-state index in [0.29, 0.717) is 6.42 Å². The van der Waals surface area contributed by atoms with Gasteiger partial charge in [0.1, 0.15) is 6.61 Å². The quantitative estimate of drug-likeness (QED) is 0.782. The van der Waals surface area contributed by atoms with E-state index in [-0.39, 0.29) is 12.1 Å². The molecule has 1 aliphatic carbocycles. The van der Waals surface area contributed by atoms with Crippen LogP contribution in [-0.4, -0.2) is 24.6 Å². The lowest BCUT2D eigenvalue weighted by Gasteiger charge is -2.03. The smallest absolute Gasteiger partial charge is 0.261 e. The van der Waals surface area contributed by atoms with Gasteiger partial charge in [0.2, 0.25) is 0 Å². The number of hydrogen-bond acceptors (Lipinski definition) is 4. The van der Waals surface area contributed by atoms with E-state index in [4.69, 9.17) is 10.5 Å². The zero-order valence-electron chi connectivity index (χ0n) is 8.79. The Hall–Kier alpha value is -0.590. The van der Waals surface area contributed by atoms with Crippen LogP contribution in [0, 0.1) is 0 Å². The summed E-state index contributed by atoms with van der Waals surface area (Å²) < 4.78 is 28.3. The Labute approximate surface area is 96.6 Å². The molecule has 2 rings (SSSR count). The van der Waals surface area contributed by atoms with Crippen molar-refractivity contribution < 1.29 is 13.5 Å². The van der Waals surface area contributed by atoms with Crippen molar-refractivity contribution in [1.29, 1.82) is 0 Å². The number of rotatable bonds is 6. The van der Waals surface area contributed by atoms with Crippen LogP contribution in [0.25, 0.3) is 0 Å². The molecule has 0 aromatic carbocycles. The fraction of sp³-hybridized carbons (Fsp3) is 0.700. The van der Waals surface area contributed by atoms with E-state index >= 15 is 0 Å². The number of halogens is 2. The summed E-state index contributed by atoms with van der Waals surface area (Å²) in [5.74, 6) is 0. The normalized spacial score (nSPS) is 18.0. The maximum Gasteiger partial charge on any atom is 0.261 e. The van der Waals surface area contributed by atoms with Crippen molar-refractivity contribution in [2.45, 2.75) is 31.2 Å². The topological polar surface area (TPSA) is 48.1 Å². The zero-order chi connectivity index (χ0) is 11.6. The Bertz CT molecular complexity index is 352. The van der Waals surface area contributed by atoms with Gasteiger partial charge in [-0.05, 0) is 12.8 Å². The van der Waals surface area contributed by atoms with Crippen molar-refractivity contribution in [1.82, 2.24) is 4.98 Å². The predicted molar refractivity (Wildman–Crippen MR) is 57.7 cm³/mol. The molecule has 16 heavy (non-hydrogen) atoms. The van der Waals surface area contributed by atoms with Crippen LogP contribution >= 0.6 is 11.3 Å². The van der Waals surface area contributed by atoms with Crippen molar-refractivity contribution in [3.05, 3.63) is 16.1 Å². The molecular weight excluding hydrogens is 234 g/mol. The summed E-state index contributed by atoms with van der Waals surface area (Å²) in [6.07, 6.45) is 0.148. The highest BCUT2D eigenvalue weighted by Crippen LogP contribution is 2.42. The van der Waals surface area contributed by atoms with Gasteiger partial charge in [0, 0.05) is 11.8 Å². The highest BCUT2D eigenvalue weighted by molar-refractivity contribution is 7.09. The molecule has 1 aromatic heterocycles. The van der Waals surface area contributed by atoms with Crippen LogP contribution in [0.15, 0.2) is 5.38 Å². The summed E-state index contributed by atoms with van der Waals surface area (Å²) in [4.78, 5) is 4.39. The van der Waals surface area contributed by atoms with Gasteiger partial charge in [-0.2, -0.15) is 0 Å². The summed E-state index contributed by atoms with van der Waals surface area (Å²) >= 11 is 1.52. The molecule has 6 heteroatoms. The molecule has 2 N–H and O–H groups in total. The lowest BCUT2D eigenvalue weighted by Crippen LogP contribution is -2.19. The maximum absolute atomic E-state index is 11.8. The molecule has 3 nitrogen and oxygen atoms in total. The van der Waals surface area contributed by atoms with Gasteiger partial charge in [-0.3, -0.25) is 0 Å². The van der Waals surface area contributed by atoms with Crippen molar-refractivity contribution in [3.63, 3.8) is 0 Å². The average molecular weight is 248 g/mol. The molecule has 1 aliphatic rings. The van der Waals surface area contributed by atoms with Gasteiger partial charge in [0.25, 0.3) is 6.43 Å². The molecule has 0 unspecified atom stereocenters. The Morgan fingerprint density at radius 1 is 1.56 bits per heavy atom. The third-order valence-corrected chi connectivity index (χ3v) is 3.46. The standard InChI is InChI=1S/C10H14F2N2OS/c11-8(12)5-15-4-1-9-14-7(6-16-9)10(13)2-3-10/h6,8H,1-5,13H2. The minimum atomic E-state index is -2.40. The highest BCUT2D eigenvalue weighted by Gasteiger charge is 2.42. The fourth-order valence-corrected chi connectivity index (χ4v) is 2.26. The second-order valence-electron chi connectivity index (χ2n) is 4.00. The molecule has 90 valence electrons. The van der Waals surface area contributed by atoms with Gasteiger partial charge in [0.05, 0.1) is 22.8 Å². The monoisotopic (exact) mass is 248 g/mol. The van der Waals surface area contributed by atoms with Crippen molar-refractivity contribution in [3.8, 4) is 0 Å². The maximum atomic E-state index is 11.8. The van der Waals surface area contributed by atoms with Crippen LogP contribution in [0.1, 0.15) is 23.5 Å². The largest absolute Gasteiger partial charge is 0.375 e. The fourth-order valence-electron chi connectivity index (χ4n) is 1.38. The Kier molecular flexibility index (Phi) is 3.51. The van der Waals surface area contributed by atoms with Gasteiger partial charge < -0.3 is 10.5 Å². The molecule has 0 bridgehead atoms. The number of ether oxygens (including phenoxy) is 1. The molecule has 0 radical (unpaired) electrons. The summed E-state index contributed by atoms with van der Waals surface area (Å²) in [6.45, 7) is -0.214. The second kappa shape index (κ2) is 4.73. The van der Waals surface area contributed by atoms with E-state index in [9.17, 15) is 8.78 Å². The van der Waals surface area contributed by atoms with Crippen LogP contribution < -0.4 is 5.73 Å². The molecule has 1 heterocycles. The van der Waals surface area contributed by atoms with Gasteiger partial charge in [-0.15, -0.1) is 11.3 Å². The molecule has 0 atom stereocenters. The molecular formula is C10H14F2N2OS. The molecule has 1 saturated carbocycles. The highest BCUT2D eigenvalue weighted by atomic mass is 32.1. The Morgan fingerprint density at radius 2 is 2.31 bits per heavy atom. The van der Waals surface area contributed by atoms with Gasteiger partial charge in [0.15, 0.2) is 0 Å². The van der Waals surface area contributed by atoms with E-state index < -0.39 is 13.0 Å². The third-order valence-electron chi connectivity index (χ3n) is 2.55. The number of alkyl halides is 2. The molecule has 0 saturated heterocycles. The minimum Gasteiger partial charge on any atom is -0.375 e. The van der Waals surface area contributed by atoms with Crippen molar-refractivity contribution >= 4 is 11.3 Å². The summed E-state index contributed by atoms with van der Waals surface area (Å²) in [5, 5.41) is 2.86. The summed E-state index contributed by atoms with van der Waals surface area (Å²) in [5.41, 5.74) is 6.71. The van der Waals surface area contributed by atoms with Gasteiger partial charge >= 0.3 is 0 Å². The van der Waals surface area contributed by atoms with E-state index in [1.54, 1.807) is 0 Å². The number of thiazole rings is 1. The van der Waals surface area contributed by atoms with Crippen LogP contribution in [0.4, 0.5) is 8.78 Å². The van der Waals surface area contributed by atoms with Crippen LogP contribution in [0.3, 0.4) is 0 Å². The van der Waals surface area contributed by atoms with Crippen LogP contribution in [0.5, 0.6) is 0 Å². The molecule has 0 aliphatic heterocycles. The lowest BCUT2D eigenvalue weighted by atomic mass is 10.2. The first-order valence-electron chi connectivity index (χ1n) is 5.20. The molecule has 1 fully saturated rings. The van der Waals surface area contributed by atoms with E-state index in [1.807, 2.05) is 5.38 Å². The van der Waals surface area contributed by atoms with E-state index in [0.717, 1.165) is 23.5 Å². The summed E-state index contributed by atoms with van der Waals surface area (Å²) in [7, 11) is 0. The molecule has 0 amide bonds. The van der Waals surface area contributed by atoms with Gasteiger partial charge in [-0.1, -0.05) is 0 Å². The first-order valence-corrected chi connectivity index (χ1v) is 6.08. The molecule has 1 aromatic rings. The van der Waals surface area contributed by atoms with Crippen molar-refractivity contribution in [2.24, 2.45) is 5.73 Å². The summed E-state index contributed by atoms with van der Waals surface area (Å²) in [6, 6.07) is 0. The first-order chi connectivity index (χ1) is 7.60. The zero-order valence-corrected chi connectivity index (χ0v) is 9.60. The van der Waals surface area contributed by atoms with E-state index in [1.165, 1.54) is 11.3 Å². The lowest BCUT2D eigenvalue weighted by molar-refractivity contribution is 0.0187. The number of aromatic nitrogens is 1. The predicted octanol–water partition coefficient (Wildman–Crippen LogP) is 1.92. The molecule has 0 spiro atoms. The third kappa shape index (κ3) is 2.96.